The van der Waals surface area contributed by atoms with Gasteiger partial charge in [0.2, 0.25) is 5.91 Å². The minimum Gasteiger partial charge on any atom is -0.486 e. The highest BCUT2D eigenvalue weighted by Crippen LogP contribution is 2.32. The summed E-state index contributed by atoms with van der Waals surface area (Å²) >= 11 is 0. The maximum absolute atomic E-state index is 13.7. The summed E-state index contributed by atoms with van der Waals surface area (Å²) in [6.45, 7) is 2.52. The van der Waals surface area contributed by atoms with Crippen molar-refractivity contribution < 1.29 is 27.1 Å². The summed E-state index contributed by atoms with van der Waals surface area (Å²) in [5.41, 5.74) is 0.817. The molecule has 0 aliphatic carbocycles. The number of carbonyl (C=O) groups is 1. The molecule has 0 atom stereocenters. The zero-order chi connectivity index (χ0) is 18.7. The Morgan fingerprint density at radius 2 is 1.85 bits per heavy atom. The van der Waals surface area contributed by atoms with E-state index in [0.717, 1.165) is 5.56 Å². The van der Waals surface area contributed by atoms with Crippen molar-refractivity contribution in [2.24, 2.45) is 0 Å². The van der Waals surface area contributed by atoms with Crippen molar-refractivity contribution in [1.82, 2.24) is 0 Å². The minimum absolute atomic E-state index is 0.0340. The van der Waals surface area contributed by atoms with Crippen LogP contribution < -0.4 is 14.8 Å². The number of carbonyl (C=O) groups excluding carboxylic acids is 1. The molecule has 1 N–H and O–H groups in total. The first-order chi connectivity index (χ1) is 12.3. The first-order valence-corrected chi connectivity index (χ1v) is 9.69. The molecule has 0 saturated carbocycles. The van der Waals surface area contributed by atoms with Crippen molar-refractivity contribution in [3.8, 4) is 11.5 Å². The van der Waals surface area contributed by atoms with Crippen LogP contribution in [0.3, 0.4) is 0 Å². The number of amides is 1. The molecular formula is C18H18FNO5S. The van der Waals surface area contributed by atoms with Gasteiger partial charge in [0.25, 0.3) is 0 Å². The Hall–Kier alpha value is -2.61. The average molecular weight is 379 g/mol. The van der Waals surface area contributed by atoms with E-state index in [1.54, 1.807) is 13.0 Å². The van der Waals surface area contributed by atoms with Gasteiger partial charge in [-0.25, -0.2) is 12.8 Å². The average Bonchev–Trinajstić information content (AvgIpc) is 2.63. The summed E-state index contributed by atoms with van der Waals surface area (Å²) in [5, 5.41) is 2.40. The zero-order valence-corrected chi connectivity index (χ0v) is 14.9. The van der Waals surface area contributed by atoms with Crippen LogP contribution in [0.2, 0.25) is 0 Å². The predicted molar refractivity (Wildman–Crippen MR) is 93.9 cm³/mol. The van der Waals surface area contributed by atoms with Gasteiger partial charge in [0.15, 0.2) is 21.3 Å². The van der Waals surface area contributed by atoms with Crippen molar-refractivity contribution in [2.45, 2.75) is 18.2 Å². The van der Waals surface area contributed by atoms with Gasteiger partial charge in [-0.1, -0.05) is 6.07 Å². The maximum atomic E-state index is 13.7. The van der Waals surface area contributed by atoms with Crippen molar-refractivity contribution in [1.29, 1.82) is 0 Å². The first kappa shape index (κ1) is 18.2. The van der Waals surface area contributed by atoms with E-state index in [1.807, 2.05) is 0 Å². The summed E-state index contributed by atoms with van der Waals surface area (Å²) in [6, 6.07) is 8.66. The second kappa shape index (κ2) is 7.33. The Kier molecular flexibility index (Phi) is 5.13. The zero-order valence-electron chi connectivity index (χ0n) is 14.1. The number of rotatable bonds is 5. The lowest BCUT2D eigenvalue weighted by molar-refractivity contribution is -0.115. The Labute approximate surface area is 150 Å². The van der Waals surface area contributed by atoms with E-state index in [2.05, 4.69) is 5.32 Å². The fourth-order valence-electron chi connectivity index (χ4n) is 2.51. The lowest BCUT2D eigenvalue weighted by atomic mass is 10.2. The summed E-state index contributed by atoms with van der Waals surface area (Å²) in [6.07, 6.45) is -0.288. The Morgan fingerprint density at radius 1 is 1.12 bits per heavy atom. The van der Waals surface area contributed by atoms with Crippen LogP contribution in [-0.2, 0) is 14.6 Å². The molecule has 8 heteroatoms. The van der Waals surface area contributed by atoms with E-state index in [0.29, 0.717) is 24.7 Å². The number of fused-ring (bicyclic) bond motifs is 1. The van der Waals surface area contributed by atoms with Gasteiger partial charge in [0.05, 0.1) is 16.3 Å². The van der Waals surface area contributed by atoms with Gasteiger partial charge in [0.1, 0.15) is 19.0 Å². The van der Waals surface area contributed by atoms with Crippen LogP contribution in [-0.4, -0.2) is 33.3 Å². The van der Waals surface area contributed by atoms with E-state index in [9.17, 15) is 17.6 Å². The van der Waals surface area contributed by atoms with Crippen LogP contribution >= 0.6 is 0 Å². The molecule has 1 amide bonds. The Morgan fingerprint density at radius 3 is 2.62 bits per heavy atom. The molecule has 2 aromatic carbocycles. The predicted octanol–water partition coefficient (Wildman–Crippen LogP) is 2.71. The van der Waals surface area contributed by atoms with E-state index in [4.69, 9.17) is 9.47 Å². The highest BCUT2D eigenvalue weighted by Gasteiger charge is 2.21. The van der Waals surface area contributed by atoms with E-state index in [1.165, 1.54) is 30.3 Å². The molecule has 1 aliphatic heterocycles. The highest BCUT2D eigenvalue weighted by atomic mass is 32.2. The molecule has 6 nitrogen and oxygen atoms in total. The number of hydrogen-bond donors (Lipinski definition) is 1. The SMILES string of the molecule is Cc1ccc(F)c(NC(=O)CCS(=O)(=O)c2ccc3c(c2)OCCO3)c1. The van der Waals surface area contributed by atoms with Gasteiger partial charge in [-0.2, -0.15) is 0 Å². The topological polar surface area (TPSA) is 81.7 Å². The van der Waals surface area contributed by atoms with Crippen molar-refractivity contribution >= 4 is 21.4 Å². The summed E-state index contributed by atoms with van der Waals surface area (Å²) in [4.78, 5) is 12.1. The lowest BCUT2D eigenvalue weighted by Crippen LogP contribution is -2.19. The molecule has 26 heavy (non-hydrogen) atoms. The van der Waals surface area contributed by atoms with Gasteiger partial charge < -0.3 is 14.8 Å². The first-order valence-electron chi connectivity index (χ1n) is 8.03. The molecule has 0 saturated heterocycles. The van der Waals surface area contributed by atoms with E-state index in [-0.39, 0.29) is 17.0 Å². The Balaban J connectivity index is 1.66. The molecule has 0 fully saturated rings. The van der Waals surface area contributed by atoms with Crippen LogP contribution in [0.4, 0.5) is 10.1 Å². The van der Waals surface area contributed by atoms with Crippen molar-refractivity contribution in [3.63, 3.8) is 0 Å². The minimum atomic E-state index is -3.69. The van der Waals surface area contributed by atoms with Gasteiger partial charge in [-0.3, -0.25) is 4.79 Å². The monoisotopic (exact) mass is 379 g/mol. The number of nitrogens with one attached hydrogen (secondary N) is 1. The summed E-state index contributed by atoms with van der Waals surface area (Å²) in [7, 11) is -3.69. The quantitative estimate of drug-likeness (QED) is 0.864. The van der Waals surface area contributed by atoms with Gasteiger partial charge in [-0.15, -0.1) is 0 Å². The number of halogens is 1. The molecule has 0 spiro atoms. The fraction of sp³-hybridized carbons (Fsp3) is 0.278. The second-order valence-corrected chi connectivity index (χ2v) is 8.01. The molecule has 3 rings (SSSR count). The second-order valence-electron chi connectivity index (χ2n) is 5.91. The van der Waals surface area contributed by atoms with Gasteiger partial charge in [-0.05, 0) is 36.8 Å². The molecule has 2 aromatic rings. The third-order valence-electron chi connectivity index (χ3n) is 3.87. The molecular weight excluding hydrogens is 361 g/mol. The maximum Gasteiger partial charge on any atom is 0.225 e. The molecule has 0 radical (unpaired) electrons. The molecule has 0 aromatic heterocycles. The smallest absolute Gasteiger partial charge is 0.225 e. The Bertz CT molecular complexity index is 943. The van der Waals surface area contributed by atoms with Crippen LogP contribution in [0.1, 0.15) is 12.0 Å². The summed E-state index contributed by atoms with van der Waals surface area (Å²) < 4.78 is 49.3. The number of hydrogen-bond acceptors (Lipinski definition) is 5. The highest BCUT2D eigenvalue weighted by molar-refractivity contribution is 7.91. The van der Waals surface area contributed by atoms with E-state index < -0.39 is 27.3 Å². The van der Waals surface area contributed by atoms with Gasteiger partial charge in [0, 0.05) is 12.5 Å². The summed E-state index contributed by atoms with van der Waals surface area (Å²) in [5.74, 6) is -0.688. The molecule has 1 aliphatic rings. The van der Waals surface area contributed by atoms with Crippen LogP contribution in [0.25, 0.3) is 0 Å². The molecule has 1 heterocycles. The number of benzene rings is 2. The number of ether oxygens (including phenoxy) is 2. The number of anilines is 1. The van der Waals surface area contributed by atoms with Gasteiger partial charge >= 0.3 is 0 Å². The fourth-order valence-corrected chi connectivity index (χ4v) is 3.76. The van der Waals surface area contributed by atoms with Crippen LogP contribution in [0.5, 0.6) is 11.5 Å². The van der Waals surface area contributed by atoms with Crippen LogP contribution in [0, 0.1) is 12.7 Å². The lowest BCUT2D eigenvalue weighted by Gasteiger charge is -2.18. The third kappa shape index (κ3) is 4.13. The molecule has 0 unspecified atom stereocenters. The normalized spacial score (nSPS) is 13.3. The van der Waals surface area contributed by atoms with Crippen LogP contribution in [0.15, 0.2) is 41.3 Å². The number of sulfone groups is 1. The largest absolute Gasteiger partial charge is 0.486 e. The number of aryl methyl sites for hydroxylation is 1. The van der Waals surface area contributed by atoms with Crippen molar-refractivity contribution in [3.05, 3.63) is 47.8 Å². The standard InChI is InChI=1S/C18H18FNO5S/c1-12-2-4-14(19)15(10-12)20-18(21)6-9-26(22,23)13-3-5-16-17(11-13)25-8-7-24-16/h2-5,10-11H,6-9H2,1H3,(H,20,21). The molecule has 0 bridgehead atoms. The molecule has 138 valence electrons. The third-order valence-corrected chi connectivity index (χ3v) is 5.58. The van der Waals surface area contributed by atoms with E-state index >= 15 is 0 Å². The van der Waals surface area contributed by atoms with Crippen molar-refractivity contribution in [2.75, 3.05) is 24.3 Å².